The van der Waals surface area contributed by atoms with Crippen molar-refractivity contribution in [3.05, 3.63) is 18.0 Å². The molecule has 1 atom stereocenters. The minimum Gasteiger partial charge on any atom is -0.316 e. The summed E-state index contributed by atoms with van der Waals surface area (Å²) in [6, 6.07) is 0. The van der Waals surface area contributed by atoms with Gasteiger partial charge in [0.1, 0.15) is 5.78 Å². The molecule has 0 saturated carbocycles. The highest BCUT2D eigenvalue weighted by Gasteiger charge is 2.36. The zero-order valence-corrected chi connectivity index (χ0v) is 11.6. The fourth-order valence-electron chi connectivity index (χ4n) is 2.67. The lowest BCUT2D eigenvalue weighted by atomic mass is 9.71. The molecule has 0 amide bonds. The second-order valence-electron chi connectivity index (χ2n) is 5.89. The average Bonchev–Trinajstić information content (AvgIpc) is 2.76. The lowest BCUT2D eigenvalue weighted by molar-refractivity contribution is -0.129. The average molecular weight is 249 g/mol. The van der Waals surface area contributed by atoms with Crippen molar-refractivity contribution in [2.75, 3.05) is 13.1 Å². The van der Waals surface area contributed by atoms with Crippen molar-refractivity contribution < 1.29 is 4.79 Å². The van der Waals surface area contributed by atoms with Crippen LogP contribution in [0.5, 0.6) is 0 Å². The Morgan fingerprint density at radius 2 is 2.39 bits per heavy atom. The Morgan fingerprint density at radius 3 is 2.94 bits per heavy atom. The van der Waals surface area contributed by atoms with Crippen LogP contribution in [0.15, 0.2) is 12.4 Å². The van der Waals surface area contributed by atoms with Gasteiger partial charge in [0.15, 0.2) is 0 Å². The lowest BCUT2D eigenvalue weighted by Gasteiger charge is -2.36. The van der Waals surface area contributed by atoms with Gasteiger partial charge in [-0.3, -0.25) is 9.48 Å². The number of Topliss-reactive ketones (excluding diaryl/α,β-unsaturated/α-hetero) is 1. The van der Waals surface area contributed by atoms with Gasteiger partial charge in [-0.1, -0.05) is 13.8 Å². The molecule has 1 N–H and O–H groups in total. The molecule has 2 heterocycles. The summed E-state index contributed by atoms with van der Waals surface area (Å²) in [6.45, 7) is 6.22. The van der Waals surface area contributed by atoms with E-state index in [-0.39, 0.29) is 5.41 Å². The number of hydrogen-bond donors (Lipinski definition) is 1. The highest BCUT2D eigenvalue weighted by molar-refractivity contribution is 5.86. The molecule has 0 aliphatic carbocycles. The summed E-state index contributed by atoms with van der Waals surface area (Å²) >= 11 is 0. The van der Waals surface area contributed by atoms with E-state index < -0.39 is 0 Å². The zero-order valence-electron chi connectivity index (χ0n) is 11.6. The summed E-state index contributed by atoms with van der Waals surface area (Å²) in [6.07, 6.45) is 6.53. The maximum absolute atomic E-state index is 12.5. The zero-order chi connectivity index (χ0) is 13.2. The topological polar surface area (TPSA) is 46.9 Å². The highest BCUT2D eigenvalue weighted by Crippen LogP contribution is 2.33. The fourth-order valence-corrected chi connectivity index (χ4v) is 2.67. The highest BCUT2D eigenvalue weighted by atomic mass is 16.1. The van der Waals surface area contributed by atoms with E-state index in [0.29, 0.717) is 18.1 Å². The number of carbonyl (C=O) groups excluding carboxylic acids is 1. The molecule has 1 unspecified atom stereocenters. The molecule has 0 bridgehead atoms. The van der Waals surface area contributed by atoms with Gasteiger partial charge in [-0.15, -0.1) is 0 Å². The second-order valence-corrected chi connectivity index (χ2v) is 5.89. The number of hydrogen-bond acceptors (Lipinski definition) is 3. The van der Waals surface area contributed by atoms with Crippen LogP contribution in [0.25, 0.3) is 0 Å². The molecule has 1 saturated heterocycles. The Balaban J connectivity index is 2.02. The summed E-state index contributed by atoms with van der Waals surface area (Å²) in [7, 11) is 1.88. The van der Waals surface area contributed by atoms with E-state index in [9.17, 15) is 4.79 Å². The van der Waals surface area contributed by atoms with Crippen LogP contribution in [-0.4, -0.2) is 28.7 Å². The first-order chi connectivity index (χ1) is 8.50. The number of piperidine rings is 1. The smallest absolute Gasteiger partial charge is 0.143 e. The monoisotopic (exact) mass is 249 g/mol. The van der Waals surface area contributed by atoms with E-state index in [1.807, 2.05) is 13.2 Å². The van der Waals surface area contributed by atoms with Crippen LogP contribution < -0.4 is 5.32 Å². The standard InChI is InChI=1S/C14H23N3O/c1-14(2,12-5-4-6-15-9-12)13(18)7-11-8-16-17(3)10-11/h8,10,12,15H,4-7,9H2,1-3H3. The summed E-state index contributed by atoms with van der Waals surface area (Å²) in [5.74, 6) is 0.777. The Morgan fingerprint density at radius 1 is 1.61 bits per heavy atom. The Labute approximate surface area is 109 Å². The molecule has 1 aliphatic rings. The van der Waals surface area contributed by atoms with Gasteiger partial charge in [0, 0.05) is 25.1 Å². The van der Waals surface area contributed by atoms with Gasteiger partial charge < -0.3 is 5.32 Å². The van der Waals surface area contributed by atoms with Gasteiger partial charge in [0.25, 0.3) is 0 Å². The third kappa shape index (κ3) is 2.80. The summed E-state index contributed by atoms with van der Waals surface area (Å²) in [4.78, 5) is 12.5. The van der Waals surface area contributed by atoms with Crippen LogP contribution in [0.3, 0.4) is 0 Å². The Bertz CT molecular complexity index is 416. The molecule has 4 nitrogen and oxygen atoms in total. The summed E-state index contributed by atoms with van der Waals surface area (Å²) < 4.78 is 1.75. The van der Waals surface area contributed by atoms with Crippen LogP contribution in [0.4, 0.5) is 0 Å². The van der Waals surface area contributed by atoms with Crippen LogP contribution in [-0.2, 0) is 18.3 Å². The minimum atomic E-state index is -0.247. The normalized spacial score (nSPS) is 20.9. The number of nitrogens with zero attached hydrogens (tertiary/aromatic N) is 2. The molecule has 0 aromatic carbocycles. The van der Waals surface area contributed by atoms with Crippen molar-refractivity contribution in [3.63, 3.8) is 0 Å². The third-order valence-corrected chi connectivity index (χ3v) is 4.16. The first kappa shape index (κ1) is 13.3. The van der Waals surface area contributed by atoms with Crippen LogP contribution in [0.1, 0.15) is 32.3 Å². The molecule has 0 spiro atoms. The van der Waals surface area contributed by atoms with Crippen LogP contribution in [0.2, 0.25) is 0 Å². The molecule has 1 aromatic rings. The number of rotatable bonds is 4. The van der Waals surface area contributed by atoms with E-state index in [2.05, 4.69) is 24.3 Å². The van der Waals surface area contributed by atoms with E-state index in [0.717, 1.165) is 25.1 Å². The molecule has 100 valence electrons. The number of aryl methyl sites for hydroxylation is 1. The van der Waals surface area contributed by atoms with E-state index >= 15 is 0 Å². The maximum atomic E-state index is 12.5. The van der Waals surface area contributed by atoms with Gasteiger partial charge in [-0.05, 0) is 37.4 Å². The predicted molar refractivity (Wildman–Crippen MR) is 71.3 cm³/mol. The maximum Gasteiger partial charge on any atom is 0.143 e. The van der Waals surface area contributed by atoms with E-state index in [1.165, 1.54) is 6.42 Å². The van der Waals surface area contributed by atoms with Crippen molar-refractivity contribution in [1.82, 2.24) is 15.1 Å². The van der Waals surface area contributed by atoms with Crippen molar-refractivity contribution in [2.45, 2.75) is 33.1 Å². The van der Waals surface area contributed by atoms with Gasteiger partial charge >= 0.3 is 0 Å². The lowest BCUT2D eigenvalue weighted by Crippen LogP contribution is -2.43. The number of aromatic nitrogens is 2. The molecule has 4 heteroatoms. The number of carbonyl (C=O) groups is 1. The van der Waals surface area contributed by atoms with Gasteiger partial charge in [-0.2, -0.15) is 5.10 Å². The SMILES string of the molecule is Cn1cc(CC(=O)C(C)(C)C2CCCNC2)cn1. The van der Waals surface area contributed by atoms with Crippen LogP contribution >= 0.6 is 0 Å². The number of nitrogens with one attached hydrogen (secondary N) is 1. The fraction of sp³-hybridized carbons (Fsp3) is 0.714. The molecule has 1 fully saturated rings. The summed E-state index contributed by atoms with van der Waals surface area (Å²) in [5.41, 5.74) is 0.767. The molecule has 1 aliphatic heterocycles. The van der Waals surface area contributed by atoms with E-state index in [1.54, 1.807) is 10.9 Å². The summed E-state index contributed by atoms with van der Waals surface area (Å²) in [5, 5.41) is 7.51. The first-order valence-electron chi connectivity index (χ1n) is 6.71. The molecular weight excluding hydrogens is 226 g/mol. The van der Waals surface area contributed by atoms with E-state index in [4.69, 9.17) is 0 Å². The van der Waals surface area contributed by atoms with Crippen molar-refractivity contribution in [1.29, 1.82) is 0 Å². The van der Waals surface area contributed by atoms with Crippen LogP contribution in [0, 0.1) is 11.3 Å². The van der Waals surface area contributed by atoms with Gasteiger partial charge in [-0.25, -0.2) is 0 Å². The second kappa shape index (κ2) is 5.22. The Hall–Kier alpha value is -1.16. The first-order valence-corrected chi connectivity index (χ1v) is 6.71. The molecule has 0 radical (unpaired) electrons. The Kier molecular flexibility index (Phi) is 3.85. The molecular formula is C14H23N3O. The minimum absolute atomic E-state index is 0.247. The van der Waals surface area contributed by atoms with Gasteiger partial charge in [0.05, 0.1) is 6.20 Å². The largest absolute Gasteiger partial charge is 0.316 e. The van der Waals surface area contributed by atoms with Gasteiger partial charge in [0.2, 0.25) is 0 Å². The van der Waals surface area contributed by atoms with Crippen molar-refractivity contribution in [3.8, 4) is 0 Å². The molecule has 1 aromatic heterocycles. The van der Waals surface area contributed by atoms with Crippen molar-refractivity contribution >= 4 is 5.78 Å². The molecule has 18 heavy (non-hydrogen) atoms. The quantitative estimate of drug-likeness (QED) is 0.881. The molecule has 2 rings (SSSR count). The van der Waals surface area contributed by atoms with Crippen molar-refractivity contribution in [2.24, 2.45) is 18.4 Å². The third-order valence-electron chi connectivity index (χ3n) is 4.16. The predicted octanol–water partition coefficient (Wildman–Crippen LogP) is 1.56. The number of ketones is 1.